The van der Waals surface area contributed by atoms with Gasteiger partial charge >= 0.3 is 23.1 Å². The van der Waals surface area contributed by atoms with Gasteiger partial charge in [-0.3, -0.25) is 0 Å². The van der Waals surface area contributed by atoms with E-state index in [-0.39, 0.29) is 35.5 Å². The summed E-state index contributed by atoms with van der Waals surface area (Å²) in [6, 6.07) is 10.6. The van der Waals surface area contributed by atoms with Crippen molar-refractivity contribution in [3.63, 3.8) is 0 Å². The molecule has 0 fully saturated rings. The summed E-state index contributed by atoms with van der Waals surface area (Å²) in [7, 11) is 0. The zero-order chi connectivity index (χ0) is 8.65. The molecule has 0 spiro atoms. The molecule has 1 aromatic carbocycles. The minimum Gasteiger partial charge on any atom is -1.00 e. The van der Waals surface area contributed by atoms with Crippen LogP contribution in [0.15, 0.2) is 24.3 Å². The standard InChI is InChI=1S/C11H15O.ClH.Mg/c1-2-3-7-10-12-11-8-5-4-6-9-11;;/h4-5,8-9H,2-3,7,10H2,1H3;1H;/q-1;;+2/p-1. The summed E-state index contributed by atoms with van der Waals surface area (Å²) in [6.07, 6.45) is 3.63. The molecule has 0 heterocycles. The van der Waals surface area contributed by atoms with Crippen molar-refractivity contribution in [3.05, 3.63) is 30.3 Å². The van der Waals surface area contributed by atoms with E-state index in [4.69, 9.17) is 4.74 Å². The first-order chi connectivity index (χ1) is 5.93. The summed E-state index contributed by atoms with van der Waals surface area (Å²) in [5, 5.41) is 0. The summed E-state index contributed by atoms with van der Waals surface area (Å²) in [4.78, 5) is 0. The third-order valence-corrected chi connectivity index (χ3v) is 1.70. The van der Waals surface area contributed by atoms with Crippen LogP contribution in [0.25, 0.3) is 0 Å². The fraction of sp³-hybridized carbons (Fsp3) is 0.455. The van der Waals surface area contributed by atoms with Gasteiger partial charge in [0.15, 0.2) is 0 Å². The van der Waals surface area contributed by atoms with E-state index in [1.807, 2.05) is 24.3 Å². The van der Waals surface area contributed by atoms with Gasteiger partial charge < -0.3 is 17.1 Å². The van der Waals surface area contributed by atoms with Gasteiger partial charge in [-0.15, -0.1) is 12.1 Å². The Morgan fingerprint density at radius 1 is 1.36 bits per heavy atom. The predicted octanol–water partition coefficient (Wildman–Crippen LogP) is -0.321. The summed E-state index contributed by atoms with van der Waals surface area (Å²) in [5.74, 6) is 0.925. The topological polar surface area (TPSA) is 9.23 Å². The van der Waals surface area contributed by atoms with Crippen LogP contribution in [-0.2, 0) is 0 Å². The van der Waals surface area contributed by atoms with Gasteiger partial charge in [-0.25, -0.2) is 0 Å². The molecule has 0 aliphatic heterocycles. The van der Waals surface area contributed by atoms with E-state index in [0.29, 0.717) is 0 Å². The first-order valence-electron chi connectivity index (χ1n) is 4.52. The van der Waals surface area contributed by atoms with Gasteiger partial charge in [-0.1, -0.05) is 19.8 Å². The van der Waals surface area contributed by atoms with Gasteiger partial charge in [-0.05, 0) is 6.42 Å². The van der Waals surface area contributed by atoms with Gasteiger partial charge in [0.25, 0.3) is 0 Å². The van der Waals surface area contributed by atoms with E-state index in [0.717, 1.165) is 18.8 Å². The molecule has 0 aromatic heterocycles. The fourth-order valence-electron chi connectivity index (χ4n) is 1.01. The Morgan fingerprint density at radius 3 is 2.71 bits per heavy atom. The molecule has 1 rings (SSSR count). The smallest absolute Gasteiger partial charge is 1.00 e. The summed E-state index contributed by atoms with van der Waals surface area (Å²) in [6.45, 7) is 3.02. The van der Waals surface area contributed by atoms with E-state index >= 15 is 0 Å². The van der Waals surface area contributed by atoms with E-state index in [9.17, 15) is 0 Å². The molecular formula is C11H15ClMgO. The van der Waals surface area contributed by atoms with Crippen LogP contribution in [0.3, 0.4) is 0 Å². The van der Waals surface area contributed by atoms with Crippen LogP contribution in [0.2, 0.25) is 0 Å². The molecule has 1 nitrogen and oxygen atoms in total. The van der Waals surface area contributed by atoms with E-state index in [1.165, 1.54) is 12.8 Å². The molecule has 0 atom stereocenters. The number of rotatable bonds is 5. The van der Waals surface area contributed by atoms with Crippen LogP contribution < -0.4 is 17.1 Å². The third kappa shape index (κ3) is 7.48. The molecule has 0 saturated carbocycles. The first kappa shape index (κ1) is 16.5. The molecule has 3 heteroatoms. The molecule has 0 radical (unpaired) electrons. The van der Waals surface area contributed by atoms with Crippen LogP contribution in [-0.4, -0.2) is 29.7 Å². The van der Waals surface area contributed by atoms with Gasteiger partial charge in [0.05, 0.1) is 6.61 Å². The van der Waals surface area contributed by atoms with Gasteiger partial charge in [0, 0.05) is 5.75 Å². The van der Waals surface area contributed by atoms with Crippen LogP contribution in [0.1, 0.15) is 26.2 Å². The van der Waals surface area contributed by atoms with Crippen molar-refractivity contribution < 1.29 is 17.1 Å². The van der Waals surface area contributed by atoms with Crippen molar-refractivity contribution in [2.75, 3.05) is 6.61 Å². The Kier molecular flexibility index (Phi) is 13.1. The van der Waals surface area contributed by atoms with Crippen molar-refractivity contribution in [1.82, 2.24) is 0 Å². The third-order valence-electron chi connectivity index (χ3n) is 1.70. The molecule has 0 bridgehead atoms. The van der Waals surface area contributed by atoms with Crippen LogP contribution in [0, 0.1) is 6.07 Å². The second-order valence-electron chi connectivity index (χ2n) is 2.79. The number of hydrogen-bond donors (Lipinski definition) is 0. The average molecular weight is 223 g/mol. The zero-order valence-corrected chi connectivity index (χ0v) is 10.8. The first-order valence-corrected chi connectivity index (χ1v) is 4.52. The Balaban J connectivity index is 0. The SMILES string of the molecule is CCCCCOc1c[c-]ccc1.[Cl-].[Mg+2]. The van der Waals surface area contributed by atoms with Crippen molar-refractivity contribution in [2.24, 2.45) is 0 Å². The van der Waals surface area contributed by atoms with E-state index in [2.05, 4.69) is 13.0 Å². The maximum absolute atomic E-state index is 5.48. The minimum absolute atomic E-state index is 0. The number of unbranched alkanes of at least 4 members (excludes halogenated alkanes) is 2. The van der Waals surface area contributed by atoms with Crippen molar-refractivity contribution in [3.8, 4) is 5.75 Å². The van der Waals surface area contributed by atoms with Crippen molar-refractivity contribution in [1.29, 1.82) is 0 Å². The quantitative estimate of drug-likeness (QED) is 0.377. The summed E-state index contributed by atoms with van der Waals surface area (Å²) < 4.78 is 5.48. The molecule has 0 amide bonds. The molecular weight excluding hydrogens is 208 g/mol. The van der Waals surface area contributed by atoms with E-state index in [1.54, 1.807) is 0 Å². The normalized spacial score (nSPS) is 8.36. The number of halogens is 1. The molecule has 0 N–H and O–H groups in total. The number of hydrogen-bond acceptors (Lipinski definition) is 1. The average Bonchev–Trinajstić information content (AvgIpc) is 2.14. The van der Waals surface area contributed by atoms with Crippen LogP contribution in [0.4, 0.5) is 0 Å². The maximum Gasteiger partial charge on any atom is 2.00 e. The van der Waals surface area contributed by atoms with Gasteiger partial charge in [0.1, 0.15) is 0 Å². The van der Waals surface area contributed by atoms with Gasteiger partial charge in [0.2, 0.25) is 0 Å². The second kappa shape index (κ2) is 11.2. The van der Waals surface area contributed by atoms with Crippen molar-refractivity contribution in [2.45, 2.75) is 26.2 Å². The monoisotopic (exact) mass is 222 g/mol. The molecule has 74 valence electrons. The Labute approximate surface area is 109 Å². The van der Waals surface area contributed by atoms with E-state index < -0.39 is 0 Å². The second-order valence-corrected chi connectivity index (χ2v) is 2.79. The van der Waals surface area contributed by atoms with Crippen LogP contribution >= 0.6 is 0 Å². The molecule has 0 aliphatic carbocycles. The van der Waals surface area contributed by atoms with Gasteiger partial charge in [-0.2, -0.15) is 18.2 Å². The van der Waals surface area contributed by atoms with Crippen molar-refractivity contribution >= 4 is 23.1 Å². The Hall–Kier alpha value is 0.0762. The fourth-order valence-corrected chi connectivity index (χ4v) is 1.01. The predicted molar refractivity (Wildman–Crippen MR) is 56.1 cm³/mol. The molecule has 0 aliphatic rings. The maximum atomic E-state index is 5.48. The summed E-state index contributed by atoms with van der Waals surface area (Å²) in [5.41, 5.74) is 0. The van der Waals surface area contributed by atoms with Crippen LogP contribution in [0.5, 0.6) is 5.75 Å². The molecule has 0 saturated heterocycles. The molecule has 14 heavy (non-hydrogen) atoms. The largest absolute Gasteiger partial charge is 2.00 e. The number of ether oxygens (including phenoxy) is 1. The molecule has 1 aromatic rings. The Morgan fingerprint density at radius 2 is 2.14 bits per heavy atom. The number of benzene rings is 1. The zero-order valence-electron chi connectivity index (χ0n) is 8.63. The molecule has 0 unspecified atom stereocenters. The summed E-state index contributed by atoms with van der Waals surface area (Å²) >= 11 is 0. The minimum atomic E-state index is 0. The Bertz CT molecular complexity index is 204.